The van der Waals surface area contributed by atoms with Crippen molar-refractivity contribution in [2.24, 2.45) is 0 Å². The summed E-state index contributed by atoms with van der Waals surface area (Å²) in [6.07, 6.45) is -1.65. The van der Waals surface area contributed by atoms with E-state index in [4.69, 9.17) is 4.74 Å². The molecule has 0 amide bonds. The molecule has 0 saturated carbocycles. The number of nitrogens with one attached hydrogen (secondary N) is 1. The first-order valence-electron chi connectivity index (χ1n) is 8.47. The number of fused-ring (bicyclic) bond motifs is 4. The van der Waals surface area contributed by atoms with Gasteiger partial charge in [0, 0.05) is 11.6 Å². The number of rotatable bonds is 1. The van der Waals surface area contributed by atoms with E-state index in [9.17, 15) is 17.6 Å². The number of hydrogen-bond donors (Lipinski definition) is 1. The zero-order valence-corrected chi connectivity index (χ0v) is 14.5. The van der Waals surface area contributed by atoms with Gasteiger partial charge in [0.15, 0.2) is 23.0 Å². The Hall–Kier alpha value is -3.75. The third-order valence-electron chi connectivity index (χ3n) is 4.48. The van der Waals surface area contributed by atoms with Crippen molar-refractivity contribution in [2.45, 2.75) is 6.18 Å². The summed E-state index contributed by atoms with van der Waals surface area (Å²) in [5.74, 6) is -0.190. The smallest absolute Gasteiger partial charge is 0.416 e. The summed E-state index contributed by atoms with van der Waals surface area (Å²) in [7, 11) is 0. The Morgan fingerprint density at radius 3 is 2.62 bits per heavy atom. The van der Waals surface area contributed by atoms with Gasteiger partial charge in [-0.15, -0.1) is 0 Å². The Morgan fingerprint density at radius 1 is 0.966 bits per heavy atom. The number of hydrogen-bond acceptors (Lipinski definition) is 5. The van der Waals surface area contributed by atoms with Crippen molar-refractivity contribution in [1.82, 2.24) is 15.0 Å². The fraction of sp³-hybridized carbons (Fsp3) is 0.0500. The van der Waals surface area contributed by atoms with Crippen LogP contribution >= 0.6 is 0 Å². The van der Waals surface area contributed by atoms with Crippen LogP contribution in [0.3, 0.4) is 0 Å². The fourth-order valence-corrected chi connectivity index (χ4v) is 3.11. The number of ether oxygens (including phenoxy) is 1. The molecule has 9 heteroatoms. The molecule has 3 aromatic heterocycles. The first-order chi connectivity index (χ1) is 13.9. The standard InChI is InChI=1S/C20H10F4N4O/c21-12-2-1-7-25-18(12)14-6-4-11-17-16(9-26-19(11)28-14)29-15-8-10(20(22,23)24)3-5-13(15)27-17/h1-9,27H. The van der Waals surface area contributed by atoms with Crippen LogP contribution in [0.2, 0.25) is 0 Å². The Morgan fingerprint density at radius 2 is 1.83 bits per heavy atom. The summed E-state index contributed by atoms with van der Waals surface area (Å²) in [6, 6.07) is 9.26. The lowest BCUT2D eigenvalue weighted by Gasteiger charge is -2.23. The van der Waals surface area contributed by atoms with Crippen molar-refractivity contribution in [3.05, 3.63) is 66.2 Å². The highest BCUT2D eigenvalue weighted by atomic mass is 19.4. The number of aromatic nitrogens is 3. The first kappa shape index (κ1) is 17.4. The van der Waals surface area contributed by atoms with Crippen molar-refractivity contribution < 1.29 is 22.3 Å². The first-order valence-corrected chi connectivity index (χ1v) is 8.47. The van der Waals surface area contributed by atoms with Gasteiger partial charge in [-0.1, -0.05) is 0 Å². The van der Waals surface area contributed by atoms with Crippen LogP contribution in [0, 0.1) is 5.82 Å². The molecule has 5 rings (SSSR count). The quantitative estimate of drug-likeness (QED) is 0.367. The molecule has 1 N–H and O–H groups in total. The largest absolute Gasteiger partial charge is 0.451 e. The molecule has 0 aliphatic carbocycles. The van der Waals surface area contributed by atoms with Crippen LogP contribution < -0.4 is 10.1 Å². The van der Waals surface area contributed by atoms with Gasteiger partial charge in [-0.05, 0) is 42.5 Å². The van der Waals surface area contributed by atoms with Crippen molar-refractivity contribution in [3.8, 4) is 22.9 Å². The SMILES string of the molecule is Fc1cccnc1-c1ccc2c3c(cnc2n1)Oc1cc(C(F)(F)F)ccc1N3. The van der Waals surface area contributed by atoms with E-state index in [1.54, 1.807) is 12.1 Å². The maximum atomic E-state index is 14.0. The molecule has 0 atom stereocenters. The Balaban J connectivity index is 1.58. The van der Waals surface area contributed by atoms with Crippen LogP contribution in [0.15, 0.2) is 54.9 Å². The van der Waals surface area contributed by atoms with Gasteiger partial charge in [-0.3, -0.25) is 4.98 Å². The van der Waals surface area contributed by atoms with Gasteiger partial charge in [0.25, 0.3) is 0 Å². The maximum Gasteiger partial charge on any atom is 0.416 e. The summed E-state index contributed by atoms with van der Waals surface area (Å²) in [6.45, 7) is 0. The average Bonchev–Trinajstić information content (AvgIpc) is 2.71. The van der Waals surface area contributed by atoms with Crippen molar-refractivity contribution in [3.63, 3.8) is 0 Å². The van der Waals surface area contributed by atoms with Gasteiger partial charge in [-0.2, -0.15) is 13.2 Å². The van der Waals surface area contributed by atoms with Gasteiger partial charge in [0.05, 0.1) is 28.8 Å². The minimum atomic E-state index is -4.47. The highest BCUT2D eigenvalue weighted by molar-refractivity contribution is 5.97. The number of alkyl halides is 3. The predicted octanol–water partition coefficient (Wildman–Crippen LogP) is 5.70. The van der Waals surface area contributed by atoms with Crippen molar-refractivity contribution >= 4 is 22.4 Å². The molecular weight excluding hydrogens is 388 g/mol. The monoisotopic (exact) mass is 398 g/mol. The van der Waals surface area contributed by atoms with Gasteiger partial charge in [0.1, 0.15) is 5.69 Å². The molecule has 0 unspecified atom stereocenters. The number of pyridine rings is 3. The molecular formula is C20H10F4N4O. The highest BCUT2D eigenvalue weighted by Gasteiger charge is 2.32. The van der Waals surface area contributed by atoms with E-state index < -0.39 is 17.6 Å². The molecule has 4 heterocycles. The Labute approximate surface area is 161 Å². The van der Waals surface area contributed by atoms with Crippen LogP contribution in [-0.2, 0) is 6.18 Å². The minimum Gasteiger partial charge on any atom is -0.451 e. The second-order valence-electron chi connectivity index (χ2n) is 6.33. The molecule has 0 radical (unpaired) electrons. The van der Waals surface area contributed by atoms with Gasteiger partial charge in [-0.25, -0.2) is 14.4 Å². The lowest BCUT2D eigenvalue weighted by Crippen LogP contribution is -2.09. The van der Waals surface area contributed by atoms with Gasteiger partial charge < -0.3 is 10.1 Å². The summed E-state index contributed by atoms with van der Waals surface area (Å²) >= 11 is 0. The number of benzene rings is 1. The van der Waals surface area contributed by atoms with E-state index >= 15 is 0 Å². The van der Waals surface area contributed by atoms with E-state index in [0.29, 0.717) is 28.1 Å². The number of halogens is 4. The summed E-state index contributed by atoms with van der Waals surface area (Å²) in [4.78, 5) is 12.6. The molecule has 0 fully saturated rings. The summed E-state index contributed by atoms with van der Waals surface area (Å²) in [5.41, 5.74) is 0.829. The zero-order chi connectivity index (χ0) is 20.2. The van der Waals surface area contributed by atoms with Gasteiger partial charge >= 0.3 is 6.18 Å². The Kier molecular flexibility index (Phi) is 3.67. The summed E-state index contributed by atoms with van der Waals surface area (Å²) < 4.78 is 58.4. The van der Waals surface area contributed by atoms with Crippen molar-refractivity contribution in [1.29, 1.82) is 0 Å². The Bertz CT molecular complexity index is 1270. The molecule has 4 aromatic rings. The maximum absolute atomic E-state index is 14.0. The lowest BCUT2D eigenvalue weighted by atomic mass is 10.1. The van der Waals surface area contributed by atoms with E-state index in [-0.39, 0.29) is 17.2 Å². The number of nitrogens with zero attached hydrogens (tertiary/aromatic N) is 3. The molecule has 1 aliphatic heterocycles. The van der Waals surface area contributed by atoms with Crippen LogP contribution in [0.5, 0.6) is 11.5 Å². The van der Waals surface area contributed by atoms with Crippen LogP contribution in [0.25, 0.3) is 22.4 Å². The van der Waals surface area contributed by atoms with E-state index in [1.165, 1.54) is 30.6 Å². The minimum absolute atomic E-state index is 0.0496. The number of anilines is 2. The van der Waals surface area contributed by atoms with Crippen LogP contribution in [0.4, 0.5) is 28.9 Å². The van der Waals surface area contributed by atoms with E-state index in [0.717, 1.165) is 12.1 Å². The summed E-state index contributed by atoms with van der Waals surface area (Å²) in [5, 5.41) is 3.65. The van der Waals surface area contributed by atoms with Crippen molar-refractivity contribution in [2.75, 3.05) is 5.32 Å². The van der Waals surface area contributed by atoms with E-state index in [1.807, 2.05) is 0 Å². The molecule has 1 aromatic carbocycles. The lowest BCUT2D eigenvalue weighted by molar-refractivity contribution is -0.137. The second kappa shape index (κ2) is 6.13. The molecule has 0 spiro atoms. The van der Waals surface area contributed by atoms with E-state index in [2.05, 4.69) is 20.3 Å². The highest BCUT2D eigenvalue weighted by Crippen LogP contribution is 2.46. The average molecular weight is 398 g/mol. The zero-order valence-electron chi connectivity index (χ0n) is 14.5. The predicted molar refractivity (Wildman–Crippen MR) is 97.5 cm³/mol. The molecule has 144 valence electrons. The molecule has 0 bridgehead atoms. The van der Waals surface area contributed by atoms with Gasteiger partial charge in [0.2, 0.25) is 0 Å². The third kappa shape index (κ3) is 2.91. The fourth-order valence-electron chi connectivity index (χ4n) is 3.11. The molecule has 1 aliphatic rings. The molecule has 0 saturated heterocycles. The molecule has 5 nitrogen and oxygen atoms in total. The normalized spacial score (nSPS) is 12.7. The topological polar surface area (TPSA) is 59.9 Å². The second-order valence-corrected chi connectivity index (χ2v) is 6.33. The van der Waals surface area contributed by atoms with Crippen LogP contribution in [-0.4, -0.2) is 15.0 Å². The van der Waals surface area contributed by atoms with Crippen LogP contribution in [0.1, 0.15) is 5.56 Å². The molecule has 29 heavy (non-hydrogen) atoms. The third-order valence-corrected chi connectivity index (χ3v) is 4.48.